The van der Waals surface area contributed by atoms with Crippen LogP contribution in [0.15, 0.2) is 91.0 Å². The first kappa shape index (κ1) is 82.6. The van der Waals surface area contributed by atoms with Crippen molar-refractivity contribution in [2.24, 2.45) is 0 Å². The fraction of sp³-hybridized carbons (Fsp3) is 0.582. The van der Waals surface area contributed by atoms with Crippen LogP contribution in [-0.4, -0.2) is 330 Å². The highest BCUT2D eigenvalue weighted by Gasteiger charge is 2.65. The molecule has 0 bridgehead atoms. The monoisotopic (exact) mass is 1510 g/mol. The van der Waals surface area contributed by atoms with Gasteiger partial charge in [-0.3, -0.25) is 14.4 Å². The third-order valence-electron chi connectivity index (χ3n) is 17.5. The van der Waals surface area contributed by atoms with Crippen molar-refractivity contribution < 1.29 is 191 Å². The lowest BCUT2D eigenvalue weighted by Crippen LogP contribution is -2.68. The molecule has 39 nitrogen and oxygen atoms in total. The van der Waals surface area contributed by atoms with Crippen LogP contribution in [0.25, 0.3) is 12.2 Å². The van der Waals surface area contributed by atoms with E-state index < -0.39 is 253 Å². The van der Waals surface area contributed by atoms with Crippen molar-refractivity contribution in [3.63, 3.8) is 0 Å². The zero-order chi connectivity index (χ0) is 77.0. The number of hydrogen-bond donors (Lipinski definition) is 15. The van der Waals surface area contributed by atoms with Crippen molar-refractivity contribution in [2.75, 3.05) is 39.6 Å². The molecule has 0 saturated carbocycles. The van der Waals surface area contributed by atoms with Gasteiger partial charge in [-0.05, 0) is 66.6 Å². The van der Waals surface area contributed by atoms with Gasteiger partial charge in [0.25, 0.3) is 0 Å². The average Bonchev–Trinajstić information content (AvgIpc) is 1.42. The Balaban J connectivity index is 1.17. The van der Waals surface area contributed by atoms with Crippen LogP contribution in [0.3, 0.4) is 0 Å². The van der Waals surface area contributed by atoms with Gasteiger partial charge >= 0.3 is 35.8 Å². The normalized spacial score (nSPS) is 37.6. The first-order valence-electron chi connectivity index (χ1n) is 33.0. The van der Waals surface area contributed by atoms with E-state index in [-0.39, 0.29) is 22.6 Å². The topological polar surface area (TPSA) is 572 Å². The van der Waals surface area contributed by atoms with Crippen LogP contribution < -0.4 is 4.74 Å². The predicted octanol–water partition coefficient (Wildman–Crippen LogP) is -5.97. The van der Waals surface area contributed by atoms with E-state index in [1.165, 1.54) is 91.9 Å². The summed E-state index contributed by atoms with van der Waals surface area (Å²) >= 11 is 0. The fourth-order valence-corrected chi connectivity index (χ4v) is 11.8. The fourth-order valence-electron chi connectivity index (χ4n) is 11.8. The standard InChI is InChI=1S/C67H84O39/c1-28-44(77)48(81)51(84)62(92-28)94-36-18-12-33(13-19-36)15-21-43(76)99-56-41(26-90-30(3)72)98-66(104-67(27-91-42(75)20-14-32-10-16-35(74)17-11-32)60(47(80)39(24-70)103-67)102-61(88)34-8-6-5-7-9-34)59(101-64-53(86)50(83)46(79)38(23-69)96-64)58(56)105-106-65-54(87)57(55(93-31(4)73)40(97-65)25-89-29(2)71)100-63-52(85)49(82)45(78)37(22-68)95-63/h5-21,28,37-41,44-60,62-66,68-70,74,77-87H,22-27H2,1-4H3/b20-14+,21-15+/t28-,37-,38-,39+,40-,41+,44-,45+,46+,47+,48+,49-,50-,51+,52+,53+,54+,55+,56+,57+,58-,59+,60-,62+,63-,64-,65+,66+,67+/m0/s1. The Morgan fingerprint density at radius 2 is 0.943 bits per heavy atom. The van der Waals surface area contributed by atoms with Crippen molar-refractivity contribution in [1.29, 1.82) is 0 Å². The smallest absolute Gasteiger partial charge is 0.338 e. The molecule has 6 heterocycles. The molecule has 6 fully saturated rings. The predicted molar refractivity (Wildman–Crippen MR) is 339 cm³/mol. The third kappa shape index (κ3) is 20.1. The van der Waals surface area contributed by atoms with E-state index in [1.54, 1.807) is 0 Å². The molecule has 0 radical (unpaired) electrons. The Morgan fingerprint density at radius 1 is 0.443 bits per heavy atom. The van der Waals surface area contributed by atoms with Crippen molar-refractivity contribution >= 4 is 48.0 Å². The minimum absolute atomic E-state index is 0.0559. The molecule has 39 heteroatoms. The Morgan fingerprint density at radius 3 is 1.49 bits per heavy atom. The minimum Gasteiger partial charge on any atom is -0.508 e. The molecule has 0 unspecified atom stereocenters. The van der Waals surface area contributed by atoms with E-state index in [4.69, 9.17) is 85.6 Å². The summed E-state index contributed by atoms with van der Waals surface area (Å²) in [5, 5.41) is 163. The number of rotatable bonds is 28. The SMILES string of the molecule is CC(=O)OC[C@@H]1O[C@H](OO[C@@H]2[C@@H](O[C@@H]3O[C@@H](CO)[C@@H](O)[C@H](O)[C@H]3O)[C@@H](O[C@@]3(COC(=O)/C=C/c4ccc(O)cc4)O[C@H](CO)[C@@H](O)[C@@H]3OC(=O)c3ccccc3)O[C@H](COC(C)=O)[C@H]2OC(=O)/C=C/c2ccc(O[C@H]3O[C@@H](C)[C@H](O)[C@@H](O)[C@H]3O)cc2)[C@H](O)[C@@H](O[C@@H]2O[C@@H](CO)[C@@H](O)[C@H](O)[C@H]2O)[C@@H]1OC(C)=O. The maximum absolute atomic E-state index is 14.6. The lowest BCUT2D eigenvalue weighted by molar-refractivity contribution is -0.482. The molecule has 6 aliphatic rings. The van der Waals surface area contributed by atoms with Gasteiger partial charge in [-0.2, -0.15) is 0 Å². The molecule has 586 valence electrons. The van der Waals surface area contributed by atoms with Gasteiger partial charge in [0.1, 0.15) is 141 Å². The second-order valence-corrected chi connectivity index (χ2v) is 25.1. The Bertz CT molecular complexity index is 3430. The van der Waals surface area contributed by atoms with Gasteiger partial charge in [-0.1, -0.05) is 42.5 Å². The second-order valence-electron chi connectivity index (χ2n) is 25.1. The Kier molecular flexibility index (Phi) is 28.9. The minimum atomic E-state index is -3.05. The van der Waals surface area contributed by atoms with Gasteiger partial charge in [0.05, 0.1) is 31.5 Å². The molecule has 106 heavy (non-hydrogen) atoms. The van der Waals surface area contributed by atoms with Crippen molar-refractivity contribution in [3.8, 4) is 11.5 Å². The van der Waals surface area contributed by atoms with Crippen LogP contribution in [-0.2, 0) is 105 Å². The molecular weight excluding hydrogens is 1430 g/mol. The van der Waals surface area contributed by atoms with Gasteiger partial charge in [0.2, 0.25) is 18.4 Å². The summed E-state index contributed by atoms with van der Waals surface area (Å²) in [6, 6.07) is 17.9. The molecule has 0 spiro atoms. The van der Waals surface area contributed by atoms with Gasteiger partial charge in [0.15, 0.2) is 43.3 Å². The maximum atomic E-state index is 14.6. The van der Waals surface area contributed by atoms with Crippen LogP contribution in [0.4, 0.5) is 0 Å². The average molecular weight is 1510 g/mol. The number of phenolic OH excluding ortho intramolecular Hbond substituents is 1. The highest BCUT2D eigenvalue weighted by molar-refractivity contribution is 5.90. The quantitative estimate of drug-likeness (QED) is 0.0106. The number of aliphatic hydroxyl groups is 14. The molecule has 0 aromatic heterocycles. The molecule has 0 aliphatic carbocycles. The third-order valence-corrected chi connectivity index (χ3v) is 17.5. The molecule has 6 aliphatic heterocycles. The highest BCUT2D eigenvalue weighted by Crippen LogP contribution is 2.43. The van der Waals surface area contributed by atoms with Crippen molar-refractivity contribution in [1.82, 2.24) is 0 Å². The highest BCUT2D eigenvalue weighted by atomic mass is 17.2. The second kappa shape index (κ2) is 37.1. The van der Waals surface area contributed by atoms with Crippen molar-refractivity contribution in [2.45, 2.75) is 205 Å². The Hall–Kier alpha value is -7.44. The summed E-state index contributed by atoms with van der Waals surface area (Å²) in [7, 11) is 0. The number of carbonyl (C=O) groups excluding carboxylic acids is 6. The Labute approximate surface area is 601 Å². The van der Waals surface area contributed by atoms with E-state index in [0.29, 0.717) is 5.56 Å². The molecule has 3 aromatic carbocycles. The molecule has 3 aromatic rings. The van der Waals surface area contributed by atoms with E-state index in [2.05, 4.69) is 0 Å². The number of carbonyl (C=O) groups is 6. The number of esters is 6. The van der Waals surface area contributed by atoms with Gasteiger partial charge in [0, 0.05) is 32.9 Å². The van der Waals surface area contributed by atoms with E-state index in [0.717, 1.165) is 39.0 Å². The summed E-state index contributed by atoms with van der Waals surface area (Å²) in [5.74, 6) is -10.1. The molecular formula is C67H84O39. The molecule has 0 amide bonds. The van der Waals surface area contributed by atoms with Crippen LogP contribution in [0, 0.1) is 0 Å². The number of benzene rings is 3. The van der Waals surface area contributed by atoms with Crippen LogP contribution >= 0.6 is 0 Å². The van der Waals surface area contributed by atoms with Gasteiger partial charge in [-0.25, -0.2) is 24.2 Å². The zero-order valence-electron chi connectivity index (χ0n) is 56.7. The summed E-state index contributed by atoms with van der Waals surface area (Å²) in [4.78, 5) is 93.0. The number of phenols is 1. The number of ether oxygens (including phenoxy) is 16. The lowest BCUT2D eigenvalue weighted by Gasteiger charge is -2.49. The zero-order valence-corrected chi connectivity index (χ0v) is 56.7. The van der Waals surface area contributed by atoms with Crippen molar-refractivity contribution in [3.05, 3.63) is 108 Å². The number of aromatic hydroxyl groups is 1. The van der Waals surface area contributed by atoms with E-state index in [9.17, 15) is 105 Å². The van der Waals surface area contributed by atoms with E-state index >= 15 is 0 Å². The van der Waals surface area contributed by atoms with Crippen LogP contribution in [0.2, 0.25) is 0 Å². The summed E-state index contributed by atoms with van der Waals surface area (Å²) < 4.78 is 94.2. The number of aliphatic hydroxyl groups excluding tert-OH is 14. The largest absolute Gasteiger partial charge is 0.508 e. The lowest BCUT2D eigenvalue weighted by atomic mass is 9.96. The molecule has 15 N–H and O–H groups in total. The molecule has 9 rings (SSSR count). The summed E-state index contributed by atoms with van der Waals surface area (Å²) in [5.41, 5.74) is 0.377. The van der Waals surface area contributed by atoms with Crippen LogP contribution in [0.1, 0.15) is 49.2 Å². The van der Waals surface area contributed by atoms with Crippen LogP contribution in [0.5, 0.6) is 11.5 Å². The first-order chi connectivity index (χ1) is 50.4. The number of hydrogen-bond acceptors (Lipinski definition) is 39. The maximum Gasteiger partial charge on any atom is 0.338 e. The first-order valence-corrected chi connectivity index (χ1v) is 33.0. The molecule has 6 saturated heterocycles. The van der Waals surface area contributed by atoms with E-state index in [1.807, 2.05) is 0 Å². The van der Waals surface area contributed by atoms with Gasteiger partial charge in [-0.15, -0.1) is 0 Å². The summed E-state index contributed by atoms with van der Waals surface area (Å²) in [6.45, 7) is -2.35. The van der Waals surface area contributed by atoms with Gasteiger partial charge < -0.3 is 152 Å². The summed E-state index contributed by atoms with van der Waals surface area (Å²) in [6.07, 6.45) is -53.6. The molecule has 29 atom stereocenters.